The van der Waals surface area contributed by atoms with Gasteiger partial charge in [-0.25, -0.2) is 0 Å². The molecule has 12 heteroatoms. The molecule has 0 radical (unpaired) electrons. The molecule has 3 heterocycles. The third-order valence-corrected chi connectivity index (χ3v) is 7.19. The first-order valence-corrected chi connectivity index (χ1v) is 11.9. The summed E-state index contributed by atoms with van der Waals surface area (Å²) < 4.78 is 94.0. The van der Waals surface area contributed by atoms with E-state index in [0.717, 1.165) is 4.57 Å². The van der Waals surface area contributed by atoms with Crippen molar-refractivity contribution in [2.24, 2.45) is 0 Å². The number of rotatable bonds is 4. The lowest BCUT2D eigenvalue weighted by atomic mass is 9.81. The zero-order chi connectivity index (χ0) is 27.3. The van der Waals surface area contributed by atoms with Gasteiger partial charge in [-0.1, -0.05) is 0 Å². The van der Waals surface area contributed by atoms with Crippen LogP contribution < -0.4 is 9.47 Å². The number of methoxy groups -OCH3 is 1. The van der Waals surface area contributed by atoms with Crippen LogP contribution in [0.4, 0.5) is 26.3 Å². The predicted molar refractivity (Wildman–Crippen MR) is 123 cm³/mol. The number of ether oxygens (including phenoxy) is 2. The number of carbonyl (C=O) groups excluding carboxylic acids is 1. The molecule has 1 aromatic heterocycles. The van der Waals surface area contributed by atoms with Crippen LogP contribution >= 0.6 is 0 Å². The fourth-order valence-electron chi connectivity index (χ4n) is 5.40. The number of halogens is 6. The van der Waals surface area contributed by atoms with E-state index >= 15 is 0 Å². The molecule has 1 aromatic carbocycles. The number of likely N-dealkylation sites (tertiary alicyclic amines) is 1. The van der Waals surface area contributed by atoms with Crippen LogP contribution in [0.3, 0.4) is 0 Å². The van der Waals surface area contributed by atoms with Crippen LogP contribution in [0, 0.1) is 0 Å². The minimum Gasteiger partial charge on any atom is -0.493 e. The highest BCUT2D eigenvalue weighted by atomic mass is 19.4. The second-order valence-corrected chi connectivity index (χ2v) is 9.72. The number of fused-ring (bicyclic) bond motifs is 2. The molecule has 0 N–H and O–H groups in total. The molecule has 1 amide bonds. The highest BCUT2D eigenvalue weighted by molar-refractivity contribution is 5.95. The number of aromatic nitrogens is 1. The van der Waals surface area contributed by atoms with Crippen molar-refractivity contribution in [2.45, 2.75) is 57.2 Å². The zero-order valence-electron chi connectivity index (χ0n) is 21.0. The van der Waals surface area contributed by atoms with Gasteiger partial charge in [0.2, 0.25) is 0 Å². The second-order valence-electron chi connectivity index (χ2n) is 9.72. The van der Waals surface area contributed by atoms with Crippen molar-refractivity contribution in [1.82, 2.24) is 14.4 Å². The number of hydrogen-bond acceptors (Lipinski definition) is 4. The number of nitrogens with zero attached hydrogens (tertiary/aromatic N) is 3. The van der Waals surface area contributed by atoms with Crippen LogP contribution in [0.5, 0.6) is 11.5 Å². The smallest absolute Gasteiger partial charge is 0.432 e. The van der Waals surface area contributed by atoms with Gasteiger partial charge in [-0.3, -0.25) is 9.69 Å². The highest BCUT2D eigenvalue weighted by Crippen LogP contribution is 2.49. The topological polar surface area (TPSA) is 46.9 Å². The first-order chi connectivity index (χ1) is 17.2. The Morgan fingerprint density at radius 3 is 2.14 bits per heavy atom. The monoisotopic (exact) mass is 533 g/mol. The number of carbonyl (C=O) groups is 1. The van der Waals surface area contributed by atoms with E-state index in [2.05, 4.69) is 0 Å². The normalized spacial score (nSPS) is 18.3. The van der Waals surface area contributed by atoms with Crippen molar-refractivity contribution in [3.05, 3.63) is 46.8 Å². The first kappa shape index (κ1) is 27.2. The zero-order valence-corrected chi connectivity index (χ0v) is 21.0. The summed E-state index contributed by atoms with van der Waals surface area (Å²) in [5, 5.41) is 0. The lowest BCUT2D eigenvalue weighted by molar-refractivity contribution is -0.166. The van der Waals surface area contributed by atoms with E-state index < -0.39 is 29.1 Å². The Morgan fingerprint density at radius 2 is 1.59 bits per heavy atom. The lowest BCUT2D eigenvalue weighted by Gasteiger charge is -2.50. The number of amides is 1. The highest BCUT2D eigenvalue weighted by Gasteiger charge is 2.53. The average Bonchev–Trinajstić information content (AvgIpc) is 3.24. The predicted octanol–water partition coefficient (Wildman–Crippen LogP) is 5.40. The first-order valence-electron chi connectivity index (χ1n) is 11.9. The van der Waals surface area contributed by atoms with E-state index in [0.29, 0.717) is 23.1 Å². The maximum atomic E-state index is 13.8. The lowest BCUT2D eigenvalue weighted by Crippen LogP contribution is -2.56. The fourth-order valence-corrected chi connectivity index (χ4v) is 5.40. The van der Waals surface area contributed by atoms with E-state index in [-0.39, 0.29) is 56.7 Å². The molecule has 204 valence electrons. The fraction of sp³-hybridized carbons (Fsp3) is 0.560. The second kappa shape index (κ2) is 9.45. The number of hydrogen-bond donors (Lipinski definition) is 0. The third-order valence-electron chi connectivity index (χ3n) is 7.19. The van der Waals surface area contributed by atoms with Crippen molar-refractivity contribution in [3.63, 3.8) is 0 Å². The number of alkyl halides is 6. The third kappa shape index (κ3) is 4.87. The van der Waals surface area contributed by atoms with E-state index in [1.807, 2.05) is 18.7 Å². The Morgan fingerprint density at radius 1 is 0.946 bits per heavy atom. The van der Waals surface area contributed by atoms with E-state index in [1.54, 1.807) is 30.1 Å². The standard InChI is InChI=1S/C25H29F6N3O3/c1-15(2)37-18-6-5-16(13-19(18)36-4)22(35)33-9-7-23(8-10-33)20-14-17(24(26,27)28)21(25(29,30)31)34(20)12-11-32(23)3/h5-6,13-15H,7-12H2,1-4H3. The molecule has 0 bridgehead atoms. The summed E-state index contributed by atoms with van der Waals surface area (Å²) in [6.07, 6.45) is -10.0. The molecule has 1 fully saturated rings. The minimum absolute atomic E-state index is 0.00939. The largest absolute Gasteiger partial charge is 0.493 e. The summed E-state index contributed by atoms with van der Waals surface area (Å²) in [6, 6.07) is 5.45. The maximum Gasteiger partial charge on any atom is 0.432 e. The summed E-state index contributed by atoms with van der Waals surface area (Å²) in [6.45, 7) is 4.01. The molecule has 0 aliphatic carbocycles. The Hall–Kier alpha value is -2.89. The van der Waals surface area contributed by atoms with Gasteiger partial charge in [-0.15, -0.1) is 0 Å². The molecule has 2 aromatic rings. The van der Waals surface area contributed by atoms with Gasteiger partial charge in [0.1, 0.15) is 5.69 Å². The molecule has 1 spiro atoms. The Bertz CT molecular complexity index is 1160. The Balaban J connectivity index is 1.62. The summed E-state index contributed by atoms with van der Waals surface area (Å²) in [4.78, 5) is 16.6. The SMILES string of the molecule is COc1cc(C(=O)N2CCC3(CC2)c2cc(C(F)(F)F)c(C(F)(F)F)n2CCN3C)ccc1OC(C)C. The van der Waals surface area contributed by atoms with Crippen molar-refractivity contribution in [3.8, 4) is 11.5 Å². The van der Waals surface area contributed by atoms with Crippen LogP contribution in [-0.4, -0.2) is 60.2 Å². The van der Waals surface area contributed by atoms with Crippen LogP contribution in [0.15, 0.2) is 24.3 Å². The number of piperidine rings is 1. The van der Waals surface area contributed by atoms with Crippen molar-refractivity contribution in [1.29, 1.82) is 0 Å². The Kier molecular flexibility index (Phi) is 6.93. The minimum atomic E-state index is -5.15. The molecule has 0 saturated carbocycles. The molecule has 0 unspecified atom stereocenters. The van der Waals surface area contributed by atoms with Crippen molar-refractivity contribution in [2.75, 3.05) is 33.8 Å². The van der Waals surface area contributed by atoms with Gasteiger partial charge < -0.3 is 18.9 Å². The van der Waals surface area contributed by atoms with Gasteiger partial charge in [-0.2, -0.15) is 26.3 Å². The summed E-state index contributed by atoms with van der Waals surface area (Å²) in [5.41, 5.74) is -4.03. The molecular formula is C25H29F6N3O3. The van der Waals surface area contributed by atoms with Crippen LogP contribution in [0.25, 0.3) is 0 Å². The van der Waals surface area contributed by atoms with E-state index in [9.17, 15) is 31.1 Å². The van der Waals surface area contributed by atoms with Gasteiger partial charge in [0.15, 0.2) is 11.5 Å². The van der Waals surface area contributed by atoms with Crippen LogP contribution in [0.2, 0.25) is 0 Å². The summed E-state index contributed by atoms with van der Waals surface area (Å²) in [7, 11) is 3.16. The molecule has 1 saturated heterocycles. The van der Waals surface area contributed by atoms with Crippen LogP contribution in [0.1, 0.15) is 54.0 Å². The molecule has 37 heavy (non-hydrogen) atoms. The average molecular weight is 534 g/mol. The molecule has 6 nitrogen and oxygen atoms in total. The number of likely N-dealkylation sites (N-methyl/N-ethyl adjacent to an activating group) is 1. The maximum absolute atomic E-state index is 13.8. The van der Waals surface area contributed by atoms with Crippen molar-refractivity contribution >= 4 is 5.91 Å². The van der Waals surface area contributed by atoms with Gasteiger partial charge in [0.05, 0.1) is 24.3 Å². The van der Waals surface area contributed by atoms with Crippen molar-refractivity contribution < 1.29 is 40.6 Å². The molecule has 0 atom stereocenters. The van der Waals surface area contributed by atoms with Gasteiger partial charge >= 0.3 is 12.4 Å². The van der Waals surface area contributed by atoms with Gasteiger partial charge in [-0.05, 0) is 58.0 Å². The van der Waals surface area contributed by atoms with E-state index in [1.165, 1.54) is 7.11 Å². The quantitative estimate of drug-likeness (QED) is 0.494. The van der Waals surface area contributed by atoms with Crippen LogP contribution in [-0.2, 0) is 24.4 Å². The van der Waals surface area contributed by atoms with E-state index in [4.69, 9.17) is 9.47 Å². The summed E-state index contributed by atoms with van der Waals surface area (Å²) in [5.74, 6) is 0.569. The Labute approximate surface area is 210 Å². The van der Waals surface area contributed by atoms with Gasteiger partial charge in [0.25, 0.3) is 5.91 Å². The molecule has 2 aliphatic heterocycles. The number of benzene rings is 1. The molecule has 2 aliphatic rings. The molecule has 4 rings (SSSR count). The molecular weight excluding hydrogens is 504 g/mol. The van der Waals surface area contributed by atoms with Gasteiger partial charge in [0, 0.05) is 37.4 Å². The summed E-state index contributed by atoms with van der Waals surface area (Å²) >= 11 is 0.